The molecule has 0 atom stereocenters. The van der Waals surface area contributed by atoms with E-state index in [0.29, 0.717) is 0 Å². The van der Waals surface area contributed by atoms with Crippen LogP contribution in [-0.4, -0.2) is 13.1 Å². The van der Waals surface area contributed by atoms with Gasteiger partial charge < -0.3 is 19.6 Å². The minimum atomic E-state index is 0. The molecule has 0 saturated carbocycles. The van der Waals surface area contributed by atoms with Gasteiger partial charge in [-0.05, 0) is 48.2 Å². The Hall–Kier alpha value is -3.18. The standard InChI is InChI=1S/2C18H20N2.Ag/c2*1-2-3-13-19-15-20(14-16-9-5-4-6-10-16)18-12-8-7-11-17(18)19;/h2*4-12H,2-3,13-14H2,1H3;. The number of unbranched alkanes of at least 4 members (excludes halogenated alkanes) is 2. The van der Waals surface area contributed by atoms with Gasteiger partial charge in [-0.15, -0.1) is 0 Å². The monoisotopic (exact) mass is 635 g/mol. The molecule has 0 aliphatic carbocycles. The molecule has 0 N–H and O–H groups in total. The number of rotatable bonds is 10. The first-order valence-electron chi connectivity index (χ1n) is 14.7. The number of hydrogen-bond donors (Lipinski definition) is 0. The summed E-state index contributed by atoms with van der Waals surface area (Å²) in [6, 6.07) is 38.3. The largest absolute Gasteiger partial charge is 0.340 e. The van der Waals surface area contributed by atoms with E-state index in [1.165, 1.54) is 59.6 Å². The minimum absolute atomic E-state index is 0. The van der Waals surface area contributed by atoms with Crippen LogP contribution in [0.3, 0.4) is 0 Å². The molecule has 0 bridgehead atoms. The van der Waals surface area contributed by atoms with Crippen molar-refractivity contribution in [1.82, 2.24) is 0 Å². The second-order valence-electron chi connectivity index (χ2n) is 10.3. The zero-order chi connectivity index (χ0) is 27.6. The Morgan fingerprint density at radius 1 is 0.439 bits per heavy atom. The second-order valence-corrected chi connectivity index (χ2v) is 10.3. The predicted molar refractivity (Wildman–Crippen MR) is 169 cm³/mol. The molecule has 0 aromatic heterocycles. The minimum Gasteiger partial charge on any atom is -0.340 e. The molecule has 4 aromatic carbocycles. The van der Waals surface area contributed by atoms with E-state index in [9.17, 15) is 0 Å². The van der Waals surface area contributed by atoms with Gasteiger partial charge in [0, 0.05) is 48.6 Å². The number of nitrogens with zero attached hydrogens (tertiary/aromatic N) is 4. The summed E-state index contributed by atoms with van der Waals surface area (Å²) in [6.45, 7) is 15.3. The summed E-state index contributed by atoms with van der Waals surface area (Å²) in [7, 11) is 0. The third-order valence-electron chi connectivity index (χ3n) is 7.25. The van der Waals surface area contributed by atoms with Gasteiger partial charge in [-0.3, -0.25) is 0 Å². The van der Waals surface area contributed by atoms with Crippen LogP contribution in [0.15, 0.2) is 109 Å². The SMILES string of the molecule is CCCCN1[C]N(Cc2ccccc2)c2ccccc21.CCCCN1[C]N(Cc2ccccc2)c2ccccc21.[Ag]. The van der Waals surface area contributed by atoms with E-state index in [0.717, 1.165) is 26.2 Å². The van der Waals surface area contributed by atoms with E-state index in [-0.39, 0.29) is 22.4 Å². The zero-order valence-corrected chi connectivity index (χ0v) is 25.6. The van der Waals surface area contributed by atoms with Crippen molar-refractivity contribution < 1.29 is 22.4 Å². The summed E-state index contributed by atoms with van der Waals surface area (Å²) >= 11 is 0. The van der Waals surface area contributed by atoms with E-state index in [2.05, 4.69) is 156 Å². The van der Waals surface area contributed by atoms with Crippen molar-refractivity contribution in [2.75, 3.05) is 32.7 Å². The van der Waals surface area contributed by atoms with Crippen LogP contribution < -0.4 is 19.6 Å². The molecule has 2 aliphatic rings. The molecule has 0 amide bonds. The molecule has 6 rings (SSSR count). The Balaban J connectivity index is 0.000000184. The van der Waals surface area contributed by atoms with Crippen LogP contribution in [0.4, 0.5) is 22.7 Å². The second kappa shape index (κ2) is 15.7. The third-order valence-corrected chi connectivity index (χ3v) is 7.25. The Kier molecular flexibility index (Phi) is 11.8. The average Bonchev–Trinajstić information content (AvgIpc) is 3.54. The van der Waals surface area contributed by atoms with Crippen molar-refractivity contribution in [2.24, 2.45) is 0 Å². The van der Waals surface area contributed by atoms with Crippen molar-refractivity contribution >= 4 is 22.7 Å². The molecule has 4 nitrogen and oxygen atoms in total. The summed E-state index contributed by atoms with van der Waals surface area (Å²) in [5.74, 6) is 0. The average molecular weight is 637 g/mol. The maximum atomic E-state index is 3.51. The van der Waals surface area contributed by atoms with Gasteiger partial charge in [0.15, 0.2) is 0 Å². The molecule has 2 heterocycles. The molecule has 0 unspecified atom stereocenters. The van der Waals surface area contributed by atoms with E-state index in [1.807, 2.05) is 0 Å². The molecule has 5 radical (unpaired) electrons. The van der Waals surface area contributed by atoms with Crippen LogP contribution >= 0.6 is 0 Å². The number of anilines is 4. The van der Waals surface area contributed by atoms with Crippen LogP contribution in [-0.2, 0) is 35.5 Å². The van der Waals surface area contributed by atoms with Gasteiger partial charge in [-0.1, -0.05) is 112 Å². The fourth-order valence-electron chi connectivity index (χ4n) is 5.09. The smallest absolute Gasteiger partial charge is 0.209 e. The van der Waals surface area contributed by atoms with Crippen molar-refractivity contribution in [3.8, 4) is 0 Å². The number of para-hydroxylation sites is 4. The molecule has 0 spiro atoms. The fourth-order valence-corrected chi connectivity index (χ4v) is 5.09. The van der Waals surface area contributed by atoms with Crippen LogP contribution in [0, 0.1) is 13.3 Å². The predicted octanol–water partition coefficient (Wildman–Crippen LogP) is 8.62. The number of fused-ring (bicyclic) bond motifs is 2. The molecule has 215 valence electrons. The molecule has 41 heavy (non-hydrogen) atoms. The van der Waals surface area contributed by atoms with Crippen molar-refractivity contribution in [3.05, 3.63) is 134 Å². The van der Waals surface area contributed by atoms with Gasteiger partial charge >= 0.3 is 0 Å². The number of hydrogen-bond acceptors (Lipinski definition) is 4. The van der Waals surface area contributed by atoms with Crippen LogP contribution in [0.2, 0.25) is 0 Å². The maximum Gasteiger partial charge on any atom is 0.209 e. The van der Waals surface area contributed by atoms with Crippen molar-refractivity contribution in [3.63, 3.8) is 0 Å². The summed E-state index contributed by atoms with van der Waals surface area (Å²) in [6.07, 6.45) is 4.80. The zero-order valence-electron chi connectivity index (χ0n) is 24.1. The van der Waals surface area contributed by atoms with Gasteiger partial charge in [0.1, 0.15) is 0 Å². The Labute approximate surface area is 263 Å². The van der Waals surface area contributed by atoms with Crippen LogP contribution in [0.25, 0.3) is 0 Å². The summed E-state index contributed by atoms with van der Waals surface area (Å²) in [4.78, 5) is 8.95. The van der Waals surface area contributed by atoms with E-state index in [4.69, 9.17) is 0 Å². The van der Waals surface area contributed by atoms with Crippen LogP contribution in [0.5, 0.6) is 0 Å². The first-order chi connectivity index (χ1) is 19.8. The van der Waals surface area contributed by atoms with Gasteiger partial charge in [0.2, 0.25) is 13.3 Å². The van der Waals surface area contributed by atoms with Crippen molar-refractivity contribution in [1.29, 1.82) is 0 Å². The number of benzene rings is 4. The molecule has 5 heteroatoms. The first kappa shape index (κ1) is 30.8. The first-order valence-corrected chi connectivity index (χ1v) is 14.7. The molecule has 0 fully saturated rings. The molecule has 0 saturated heterocycles. The third kappa shape index (κ3) is 7.97. The van der Waals surface area contributed by atoms with Gasteiger partial charge in [0.05, 0.1) is 22.7 Å². The van der Waals surface area contributed by atoms with Gasteiger partial charge in [-0.2, -0.15) is 0 Å². The summed E-state index contributed by atoms with van der Waals surface area (Å²) in [5, 5.41) is 0. The molecule has 2 aliphatic heterocycles. The Morgan fingerprint density at radius 2 is 0.756 bits per heavy atom. The topological polar surface area (TPSA) is 13.0 Å². The van der Waals surface area contributed by atoms with E-state index >= 15 is 0 Å². The van der Waals surface area contributed by atoms with Gasteiger partial charge in [0.25, 0.3) is 0 Å². The van der Waals surface area contributed by atoms with Gasteiger partial charge in [-0.25, -0.2) is 0 Å². The maximum absolute atomic E-state index is 3.51. The Bertz CT molecular complexity index is 1210. The summed E-state index contributed by atoms with van der Waals surface area (Å²) < 4.78 is 0. The van der Waals surface area contributed by atoms with E-state index in [1.54, 1.807) is 0 Å². The van der Waals surface area contributed by atoms with Crippen molar-refractivity contribution in [2.45, 2.75) is 52.6 Å². The fraction of sp³-hybridized carbons (Fsp3) is 0.278. The molecule has 4 aromatic rings. The van der Waals surface area contributed by atoms with Crippen LogP contribution in [0.1, 0.15) is 50.7 Å². The quantitative estimate of drug-likeness (QED) is 0.162. The molecular formula is C36H40AgN4. The Morgan fingerprint density at radius 3 is 1.10 bits per heavy atom. The normalized spacial score (nSPS) is 13.3. The molecular weight excluding hydrogens is 596 g/mol. The summed E-state index contributed by atoms with van der Waals surface area (Å²) in [5.41, 5.74) is 7.69. The van der Waals surface area contributed by atoms with E-state index < -0.39 is 0 Å².